The van der Waals surface area contributed by atoms with Crippen molar-refractivity contribution in [1.82, 2.24) is 59.3 Å². The summed E-state index contributed by atoms with van der Waals surface area (Å²) in [6.45, 7) is 31.5. The van der Waals surface area contributed by atoms with Gasteiger partial charge in [0.15, 0.2) is 0 Å². The lowest BCUT2D eigenvalue weighted by molar-refractivity contribution is -0.145. The van der Waals surface area contributed by atoms with Gasteiger partial charge in [0, 0.05) is 56.1 Å². The van der Waals surface area contributed by atoms with Crippen LogP contribution in [0.2, 0.25) is 0 Å². The molecule has 13 aliphatic rings. The van der Waals surface area contributed by atoms with Gasteiger partial charge < -0.3 is 42.1 Å². The minimum absolute atomic E-state index is 0.00219. The number of nitrogens with two attached hydrogens (primary N) is 1. The maximum atomic E-state index is 15.3. The third-order valence-corrected chi connectivity index (χ3v) is 34.2. The first-order chi connectivity index (χ1) is 51.0. The molecule has 5 saturated heterocycles. The molecule has 9 amide bonds. The summed E-state index contributed by atoms with van der Waals surface area (Å²) in [5, 5.41) is 15.5. The highest BCUT2D eigenvalue weighted by molar-refractivity contribution is 7.88. The number of nitrogens with one attached hydrogen (secondary N) is 7. The molecule has 614 valence electrons. The molecular weight excluding hydrogens is 1430 g/mol. The lowest BCUT2D eigenvalue weighted by Gasteiger charge is -2.40. The number of carbonyl (C=O) groups excluding carboxylic acids is 9. The van der Waals surface area contributed by atoms with Crippen molar-refractivity contribution in [2.45, 2.75) is 343 Å². The molecule has 4 spiro atoms. The number of hydrogen-bond donors (Lipinski definition) is 8. The Balaban J connectivity index is 0.000000207. The van der Waals surface area contributed by atoms with Gasteiger partial charge in [0.25, 0.3) is 11.8 Å². The normalized spacial score (nSPS) is 33.0. The first-order valence-corrected chi connectivity index (χ1v) is 45.2. The van der Waals surface area contributed by atoms with Crippen LogP contribution < -0.4 is 41.8 Å². The SMILES string of the molecule is CC[C@@H]1C[C@]1(NC(=O)[C@@H]1C[C@@]2(CN1C(=O)[C@@H](NC(=O)[C@@H](N)C1CCCCC1)C(C)(C)C)C(C)(C)C21CCC1)C(=O)NS(=O)(=O)N1CCCC1.CC[C@@H]1C[C@]1(NC(=O)[C@@H]1C[C@@]2(CN1C(=O)[C@@H](NC(=O)[C@@H](NC(=O)[C@@H]1CCCCN1C(C)C)C1CCCCC1)C(C)(C)C)C(C)(C)C21CCC1)C(=O)NS(=O)(=O)N1CCCC1. The average molecular weight is 1560 g/mol. The first kappa shape index (κ1) is 83.4. The van der Waals surface area contributed by atoms with E-state index in [1.54, 1.807) is 9.80 Å². The van der Waals surface area contributed by atoms with Crippen molar-refractivity contribution < 1.29 is 60.0 Å². The van der Waals surface area contributed by atoms with Crippen molar-refractivity contribution in [3.8, 4) is 0 Å². The summed E-state index contributed by atoms with van der Waals surface area (Å²) in [7, 11) is -8.11. The van der Waals surface area contributed by atoms with Gasteiger partial charge in [-0.1, -0.05) is 154 Å². The van der Waals surface area contributed by atoms with Gasteiger partial charge in [-0.3, -0.25) is 48.1 Å². The van der Waals surface area contributed by atoms with E-state index in [1.807, 2.05) is 55.4 Å². The van der Waals surface area contributed by atoms with Crippen LogP contribution in [0.25, 0.3) is 0 Å². The Kier molecular flexibility index (Phi) is 23.2. The van der Waals surface area contributed by atoms with Gasteiger partial charge in [0.1, 0.15) is 41.3 Å². The smallest absolute Gasteiger partial charge is 0.303 e. The van der Waals surface area contributed by atoms with E-state index in [9.17, 15) is 55.2 Å². The van der Waals surface area contributed by atoms with E-state index in [0.29, 0.717) is 77.8 Å². The number of likely N-dealkylation sites (tertiary alicyclic amines) is 3. The van der Waals surface area contributed by atoms with Crippen LogP contribution in [0, 0.1) is 67.0 Å². The van der Waals surface area contributed by atoms with Gasteiger partial charge in [0.2, 0.25) is 41.4 Å². The second-order valence-corrected chi connectivity index (χ2v) is 42.9. The van der Waals surface area contributed by atoms with Crippen LogP contribution in [0.4, 0.5) is 0 Å². The number of fused-ring (bicyclic) bond motifs is 2. The fourth-order valence-electron chi connectivity index (χ4n) is 23.5. The quantitative estimate of drug-likeness (QED) is 0.0496. The highest BCUT2D eigenvalue weighted by atomic mass is 32.2. The molecule has 26 nitrogen and oxygen atoms in total. The van der Waals surface area contributed by atoms with Crippen LogP contribution >= 0.6 is 0 Å². The predicted octanol–water partition coefficient (Wildman–Crippen LogP) is 7.35. The molecule has 13 fully saturated rings. The summed E-state index contributed by atoms with van der Waals surface area (Å²) in [4.78, 5) is 135. The molecular formula is C81H135N13O13S2. The Hall–Kier alpha value is -5.03. The van der Waals surface area contributed by atoms with Crippen molar-refractivity contribution in [3.63, 3.8) is 0 Å². The third-order valence-electron chi connectivity index (χ3n) is 31.2. The van der Waals surface area contributed by atoms with Gasteiger partial charge in [-0.15, -0.1) is 0 Å². The zero-order valence-corrected chi connectivity index (χ0v) is 70.0. The number of hydrogen-bond acceptors (Lipinski definition) is 15. The monoisotopic (exact) mass is 1560 g/mol. The summed E-state index contributed by atoms with van der Waals surface area (Å²) in [6, 6.07) is -5.33. The minimum Gasteiger partial charge on any atom is -0.343 e. The molecule has 28 heteroatoms. The van der Waals surface area contributed by atoms with Gasteiger partial charge >= 0.3 is 20.4 Å². The van der Waals surface area contributed by atoms with Crippen molar-refractivity contribution in [2.24, 2.45) is 72.7 Å². The molecule has 5 heterocycles. The van der Waals surface area contributed by atoms with Crippen molar-refractivity contribution >= 4 is 73.6 Å². The maximum absolute atomic E-state index is 15.3. The van der Waals surface area contributed by atoms with Gasteiger partial charge in [-0.05, 0) is 192 Å². The second kappa shape index (κ2) is 30.3. The summed E-state index contributed by atoms with van der Waals surface area (Å²) in [6.07, 6.45) is 24.3. The van der Waals surface area contributed by atoms with E-state index in [0.717, 1.165) is 154 Å². The Morgan fingerprint density at radius 2 is 0.826 bits per heavy atom. The molecule has 0 bridgehead atoms. The van der Waals surface area contributed by atoms with E-state index < -0.39 is 102 Å². The van der Waals surface area contributed by atoms with E-state index >= 15 is 4.79 Å². The summed E-state index contributed by atoms with van der Waals surface area (Å²) < 4.78 is 59.7. The fraction of sp³-hybridized carbons (Fsp3) is 0.889. The number of piperidine rings is 1. The molecule has 0 aromatic heterocycles. The Morgan fingerprint density at radius 3 is 1.17 bits per heavy atom. The first-order valence-electron chi connectivity index (χ1n) is 42.4. The lowest BCUT2D eigenvalue weighted by atomic mass is 9.73. The number of rotatable bonds is 23. The van der Waals surface area contributed by atoms with Crippen molar-refractivity contribution in [2.75, 3.05) is 45.8 Å². The van der Waals surface area contributed by atoms with E-state index in [4.69, 9.17) is 5.73 Å². The number of carbonyl (C=O) groups is 9. The molecule has 8 aliphatic carbocycles. The molecule has 0 unspecified atom stereocenters. The predicted molar refractivity (Wildman–Crippen MR) is 415 cm³/mol. The molecule has 13 rings (SSSR count). The average Bonchev–Trinajstić information content (AvgIpc) is 1.46. The van der Waals surface area contributed by atoms with Crippen LogP contribution in [-0.2, 0) is 63.6 Å². The second-order valence-electron chi connectivity index (χ2n) is 39.5. The fourth-order valence-corrected chi connectivity index (χ4v) is 26.1. The van der Waals surface area contributed by atoms with E-state index in [-0.39, 0.29) is 97.8 Å². The molecule has 0 aromatic carbocycles. The minimum atomic E-state index is -4.07. The Bertz CT molecular complexity index is 3730. The van der Waals surface area contributed by atoms with Crippen LogP contribution in [0.5, 0.6) is 0 Å². The maximum Gasteiger partial charge on any atom is 0.303 e. The molecule has 109 heavy (non-hydrogen) atoms. The zero-order valence-electron chi connectivity index (χ0n) is 68.3. The number of nitrogens with zero attached hydrogens (tertiary/aromatic N) is 5. The van der Waals surface area contributed by atoms with Crippen molar-refractivity contribution in [3.05, 3.63) is 0 Å². The molecule has 5 aliphatic heterocycles. The van der Waals surface area contributed by atoms with Crippen LogP contribution in [0.3, 0.4) is 0 Å². The van der Waals surface area contributed by atoms with Gasteiger partial charge in [-0.2, -0.15) is 25.4 Å². The van der Waals surface area contributed by atoms with Gasteiger partial charge in [-0.25, -0.2) is 9.44 Å². The summed E-state index contributed by atoms with van der Waals surface area (Å²) in [5.41, 5.74) is 1.56. The van der Waals surface area contributed by atoms with Crippen molar-refractivity contribution in [1.29, 1.82) is 0 Å². The molecule has 0 radical (unpaired) electrons. The molecule has 8 saturated carbocycles. The third kappa shape index (κ3) is 14.6. The standard InChI is InChI=1S/C45H75N7O7S.C36H60N6O6S/c1-9-31-26-45(31,40(57)49-60(58,59)50-23-15-16-24-50)48-37(54)33-27-44(42(7,8)43(44)21-17-22-43)28-52(33)39(56)35(41(4,5)6)47-38(55)34(30-18-11-10-12-19-30)46-36(53)32-20-13-14-25-51(32)29(2)3;1-7-24-20-36(24,31(46)40-49(47,48)41-18-11-12-19-41)39-28(43)25-21-35(33(5,6)34(35)16-13-17-34)22-42(25)30(45)27(32(2,3)4)38-29(44)26(37)23-14-9-8-10-15-23/h29-35H,9-28H2,1-8H3,(H,46,53)(H,47,55)(H,48,54)(H,49,57);23-27H,7-22,37H2,1-6H3,(H,38,44)(H,39,43)(H,40,46)/t31-,32+,33+,34+,35-,44-,45-;24-,25+,26+,27-,35-,36-/m11/s1. The lowest BCUT2D eigenvalue weighted by Crippen LogP contribution is -2.63. The van der Waals surface area contributed by atoms with E-state index in [2.05, 4.69) is 82.5 Å². The van der Waals surface area contributed by atoms with Gasteiger partial charge in [0.05, 0.1) is 12.1 Å². The number of amides is 9. The van der Waals surface area contributed by atoms with Crippen LogP contribution in [-0.4, -0.2) is 199 Å². The Morgan fingerprint density at radius 1 is 0.450 bits per heavy atom. The van der Waals surface area contributed by atoms with E-state index in [1.165, 1.54) is 8.61 Å². The largest absolute Gasteiger partial charge is 0.343 e. The highest BCUT2D eigenvalue weighted by Crippen LogP contribution is 2.89. The summed E-state index contributed by atoms with van der Waals surface area (Å²) >= 11 is 0. The summed E-state index contributed by atoms with van der Waals surface area (Å²) in [5.74, 6) is -4.32. The topological polar surface area (TPSA) is 348 Å². The molecule has 13 atom stereocenters. The zero-order chi connectivity index (χ0) is 79.4. The molecule has 0 aromatic rings. The highest BCUT2D eigenvalue weighted by Gasteiger charge is 2.87. The van der Waals surface area contributed by atoms with Crippen LogP contribution in [0.15, 0.2) is 0 Å². The molecule has 9 N–H and O–H groups in total. The Labute approximate surface area is 650 Å². The van der Waals surface area contributed by atoms with Crippen LogP contribution in [0.1, 0.15) is 283 Å².